The van der Waals surface area contributed by atoms with E-state index in [0.29, 0.717) is 5.56 Å². The summed E-state index contributed by atoms with van der Waals surface area (Å²) < 4.78 is 0. The number of hydrogen-bond acceptors (Lipinski definition) is 4. The van der Waals surface area contributed by atoms with Gasteiger partial charge in [-0.05, 0) is 39.0 Å². The smallest absolute Gasteiger partial charge is 0.335 e. The molecule has 0 bridgehead atoms. The lowest BCUT2D eigenvalue weighted by molar-refractivity contribution is 0.0697. The third-order valence-corrected chi connectivity index (χ3v) is 4.31. The van der Waals surface area contributed by atoms with Crippen LogP contribution in [0, 0.1) is 13.8 Å². The molecule has 1 unspecified atom stereocenters. The first-order valence-electron chi connectivity index (χ1n) is 6.46. The Bertz CT molecular complexity index is 694. The molecular formula is C15H16N2O3S. The summed E-state index contributed by atoms with van der Waals surface area (Å²) in [6, 6.07) is 5.82. The number of rotatable bonds is 4. The van der Waals surface area contributed by atoms with E-state index < -0.39 is 5.97 Å². The molecule has 110 valence electrons. The molecule has 1 amide bonds. The van der Waals surface area contributed by atoms with Crippen molar-refractivity contribution in [3.63, 3.8) is 0 Å². The van der Waals surface area contributed by atoms with Crippen LogP contribution in [-0.2, 0) is 0 Å². The summed E-state index contributed by atoms with van der Waals surface area (Å²) in [4.78, 5) is 28.5. The lowest BCUT2D eigenvalue weighted by Gasteiger charge is -2.13. The zero-order valence-electron chi connectivity index (χ0n) is 12.0. The van der Waals surface area contributed by atoms with E-state index in [2.05, 4.69) is 10.3 Å². The van der Waals surface area contributed by atoms with Crippen molar-refractivity contribution in [2.45, 2.75) is 26.8 Å². The number of carboxylic acid groups (broad SMARTS) is 1. The maximum atomic E-state index is 12.2. The second-order valence-electron chi connectivity index (χ2n) is 4.76. The zero-order valence-corrected chi connectivity index (χ0v) is 12.8. The fraction of sp³-hybridized carbons (Fsp3) is 0.267. The van der Waals surface area contributed by atoms with Crippen LogP contribution in [0.15, 0.2) is 24.3 Å². The van der Waals surface area contributed by atoms with Gasteiger partial charge in [-0.2, -0.15) is 0 Å². The monoisotopic (exact) mass is 304 g/mol. The molecular weight excluding hydrogens is 288 g/mol. The number of benzene rings is 1. The molecule has 5 nitrogen and oxygen atoms in total. The van der Waals surface area contributed by atoms with Crippen molar-refractivity contribution in [1.82, 2.24) is 10.3 Å². The van der Waals surface area contributed by atoms with Crippen molar-refractivity contribution in [1.29, 1.82) is 0 Å². The maximum absolute atomic E-state index is 12.2. The van der Waals surface area contributed by atoms with Gasteiger partial charge in [-0.3, -0.25) is 4.79 Å². The van der Waals surface area contributed by atoms with Gasteiger partial charge in [-0.25, -0.2) is 9.78 Å². The summed E-state index contributed by atoms with van der Waals surface area (Å²) in [5, 5.41) is 12.8. The lowest BCUT2D eigenvalue weighted by atomic mass is 10.1. The molecule has 6 heteroatoms. The Hall–Kier alpha value is -2.21. The molecule has 1 heterocycles. The van der Waals surface area contributed by atoms with Gasteiger partial charge in [0.2, 0.25) is 0 Å². The molecule has 0 saturated heterocycles. The number of thiazole rings is 1. The average Bonchev–Trinajstić information content (AvgIpc) is 2.77. The summed E-state index contributed by atoms with van der Waals surface area (Å²) >= 11 is 1.55. The van der Waals surface area contributed by atoms with Gasteiger partial charge in [0.25, 0.3) is 5.91 Å². The van der Waals surface area contributed by atoms with Crippen molar-refractivity contribution in [3.05, 3.63) is 51.0 Å². The first-order valence-corrected chi connectivity index (χ1v) is 7.28. The molecule has 0 spiro atoms. The van der Waals surface area contributed by atoms with Crippen LogP contribution in [0.4, 0.5) is 0 Å². The van der Waals surface area contributed by atoms with Crippen molar-refractivity contribution in [2.75, 3.05) is 0 Å². The number of nitrogens with zero attached hydrogens (tertiary/aromatic N) is 1. The lowest BCUT2D eigenvalue weighted by Crippen LogP contribution is -2.26. The molecule has 0 saturated carbocycles. The van der Waals surface area contributed by atoms with Crippen LogP contribution in [0.1, 0.15) is 49.3 Å². The van der Waals surface area contributed by atoms with E-state index in [4.69, 9.17) is 5.11 Å². The number of carbonyl (C=O) groups excluding carboxylic acids is 1. The second kappa shape index (κ2) is 6.05. The number of carboxylic acids is 1. The Balaban J connectivity index is 2.16. The van der Waals surface area contributed by atoms with Crippen LogP contribution < -0.4 is 5.32 Å². The highest BCUT2D eigenvalue weighted by Gasteiger charge is 2.17. The number of carbonyl (C=O) groups is 2. The molecule has 2 N–H and O–H groups in total. The van der Waals surface area contributed by atoms with Crippen molar-refractivity contribution >= 4 is 23.2 Å². The summed E-state index contributed by atoms with van der Waals surface area (Å²) in [6.45, 7) is 5.72. The Morgan fingerprint density at radius 3 is 2.52 bits per heavy atom. The van der Waals surface area contributed by atoms with Crippen LogP contribution in [0.5, 0.6) is 0 Å². The molecule has 0 aliphatic rings. The molecule has 1 atom stereocenters. The summed E-state index contributed by atoms with van der Waals surface area (Å²) in [5.41, 5.74) is 1.34. The molecule has 2 aromatic rings. The average molecular weight is 304 g/mol. The van der Waals surface area contributed by atoms with Crippen molar-refractivity contribution in [2.24, 2.45) is 0 Å². The minimum absolute atomic E-state index is 0.0973. The number of nitrogens with one attached hydrogen (secondary N) is 1. The predicted octanol–water partition coefficient (Wildman–Crippen LogP) is 2.95. The van der Waals surface area contributed by atoms with E-state index in [1.807, 2.05) is 20.8 Å². The molecule has 0 fully saturated rings. The molecule has 2 rings (SSSR count). The van der Waals surface area contributed by atoms with Gasteiger partial charge in [0.15, 0.2) is 0 Å². The van der Waals surface area contributed by atoms with E-state index in [1.54, 1.807) is 23.5 Å². The second-order valence-corrected chi connectivity index (χ2v) is 6.00. The van der Waals surface area contributed by atoms with Crippen LogP contribution in [0.25, 0.3) is 0 Å². The van der Waals surface area contributed by atoms with E-state index >= 15 is 0 Å². The number of aromatic nitrogens is 1. The van der Waals surface area contributed by atoms with Gasteiger partial charge in [-0.15, -0.1) is 11.3 Å². The van der Waals surface area contributed by atoms with Crippen LogP contribution in [-0.4, -0.2) is 22.0 Å². The van der Waals surface area contributed by atoms with Crippen LogP contribution in [0.3, 0.4) is 0 Å². The van der Waals surface area contributed by atoms with Crippen LogP contribution >= 0.6 is 11.3 Å². The highest BCUT2D eigenvalue weighted by molar-refractivity contribution is 7.11. The maximum Gasteiger partial charge on any atom is 0.335 e. The summed E-state index contributed by atoms with van der Waals surface area (Å²) in [5.74, 6) is -1.34. The Labute approximate surface area is 126 Å². The van der Waals surface area contributed by atoms with Gasteiger partial charge in [0, 0.05) is 10.4 Å². The van der Waals surface area contributed by atoms with E-state index in [1.165, 1.54) is 12.1 Å². The van der Waals surface area contributed by atoms with E-state index in [-0.39, 0.29) is 17.5 Å². The third-order valence-electron chi connectivity index (χ3n) is 3.05. The van der Waals surface area contributed by atoms with Crippen LogP contribution in [0.2, 0.25) is 0 Å². The highest BCUT2D eigenvalue weighted by atomic mass is 32.1. The van der Waals surface area contributed by atoms with Crippen molar-refractivity contribution in [3.8, 4) is 0 Å². The first kappa shape index (κ1) is 15.2. The summed E-state index contributed by atoms with van der Waals surface area (Å²) in [6.07, 6.45) is 0. The summed E-state index contributed by atoms with van der Waals surface area (Å²) in [7, 11) is 0. The number of amides is 1. The van der Waals surface area contributed by atoms with E-state index in [9.17, 15) is 9.59 Å². The van der Waals surface area contributed by atoms with E-state index in [0.717, 1.165) is 15.6 Å². The molecule has 1 aromatic heterocycles. The zero-order chi connectivity index (χ0) is 15.6. The highest BCUT2D eigenvalue weighted by Crippen LogP contribution is 2.24. The Morgan fingerprint density at radius 1 is 1.29 bits per heavy atom. The predicted molar refractivity (Wildman–Crippen MR) is 80.9 cm³/mol. The Kier molecular flexibility index (Phi) is 4.37. The quantitative estimate of drug-likeness (QED) is 0.910. The fourth-order valence-electron chi connectivity index (χ4n) is 2.09. The molecule has 0 aliphatic heterocycles. The first-order chi connectivity index (χ1) is 9.88. The number of aryl methyl sites for hydroxylation is 2. The van der Waals surface area contributed by atoms with Gasteiger partial charge in [0.1, 0.15) is 0 Å². The number of hydrogen-bond donors (Lipinski definition) is 2. The Morgan fingerprint density at radius 2 is 1.95 bits per heavy atom. The van der Waals surface area contributed by atoms with Gasteiger partial charge in [-0.1, -0.05) is 6.07 Å². The fourth-order valence-corrected chi connectivity index (χ4v) is 3.02. The minimum atomic E-state index is -1.05. The third kappa shape index (κ3) is 3.46. The standard InChI is InChI=1S/C15H16N2O3S/c1-8-13(21-10(3)16-8)9(2)17-14(18)11-5-4-6-12(7-11)15(19)20/h4-7,9H,1-3H3,(H,17,18)(H,19,20). The largest absolute Gasteiger partial charge is 0.478 e. The van der Waals surface area contributed by atoms with Gasteiger partial charge in [0.05, 0.1) is 22.3 Å². The van der Waals surface area contributed by atoms with Gasteiger partial charge >= 0.3 is 5.97 Å². The molecule has 0 radical (unpaired) electrons. The van der Waals surface area contributed by atoms with Crippen molar-refractivity contribution < 1.29 is 14.7 Å². The minimum Gasteiger partial charge on any atom is -0.478 e. The molecule has 0 aliphatic carbocycles. The SMILES string of the molecule is Cc1nc(C)c(C(C)NC(=O)c2cccc(C(=O)O)c2)s1. The normalized spacial score (nSPS) is 12.0. The molecule has 21 heavy (non-hydrogen) atoms. The molecule has 1 aromatic carbocycles. The topological polar surface area (TPSA) is 79.3 Å². The number of aromatic carboxylic acids is 1. The van der Waals surface area contributed by atoms with Gasteiger partial charge < -0.3 is 10.4 Å².